The Labute approximate surface area is 170 Å². The Kier molecular flexibility index (Phi) is 7.36. The molecule has 0 spiro atoms. The van der Waals surface area contributed by atoms with Gasteiger partial charge in [-0.1, -0.05) is 30.3 Å². The molecule has 29 heavy (non-hydrogen) atoms. The third kappa shape index (κ3) is 7.21. The average molecular weight is 404 g/mol. The van der Waals surface area contributed by atoms with Gasteiger partial charge in [-0.3, -0.25) is 19.2 Å². The number of hydrogen-bond donors (Lipinski definition) is 0. The van der Waals surface area contributed by atoms with Gasteiger partial charge in [0.2, 0.25) is 11.8 Å². The number of likely N-dealkylation sites (tertiary alicyclic amines) is 1. The van der Waals surface area contributed by atoms with Crippen molar-refractivity contribution in [2.75, 3.05) is 26.7 Å². The molecule has 1 unspecified atom stereocenters. The summed E-state index contributed by atoms with van der Waals surface area (Å²) in [6.45, 7) is 4.70. The van der Waals surface area contributed by atoms with Crippen LogP contribution < -0.4 is 0 Å². The fourth-order valence-corrected chi connectivity index (χ4v) is 2.97. The molecule has 2 amide bonds. The van der Waals surface area contributed by atoms with Crippen molar-refractivity contribution in [3.05, 3.63) is 35.9 Å². The Hall–Kier alpha value is -2.90. The van der Waals surface area contributed by atoms with E-state index in [0.717, 1.165) is 10.5 Å². The van der Waals surface area contributed by atoms with Gasteiger partial charge in [-0.05, 0) is 26.3 Å². The Balaban J connectivity index is 2.02. The summed E-state index contributed by atoms with van der Waals surface area (Å²) in [5, 5.41) is 0. The summed E-state index contributed by atoms with van der Waals surface area (Å²) in [5.41, 5.74) is 0.0947. The highest BCUT2D eigenvalue weighted by molar-refractivity contribution is 5.92. The van der Waals surface area contributed by atoms with Crippen LogP contribution in [0.4, 0.5) is 0 Å². The van der Waals surface area contributed by atoms with Crippen LogP contribution in [-0.4, -0.2) is 65.8 Å². The molecule has 0 aromatic heterocycles. The lowest BCUT2D eigenvalue weighted by Gasteiger charge is -2.26. The van der Waals surface area contributed by atoms with Crippen molar-refractivity contribution < 1.29 is 28.7 Å². The molecule has 1 saturated heterocycles. The summed E-state index contributed by atoms with van der Waals surface area (Å²) in [4.78, 5) is 51.8. The molecule has 0 saturated carbocycles. The number of esters is 2. The third-order valence-corrected chi connectivity index (χ3v) is 4.30. The Morgan fingerprint density at radius 2 is 1.72 bits per heavy atom. The van der Waals surface area contributed by atoms with E-state index < -0.39 is 29.4 Å². The largest absolute Gasteiger partial charge is 0.459 e. The molecule has 8 nitrogen and oxygen atoms in total. The first-order valence-corrected chi connectivity index (χ1v) is 9.49. The van der Waals surface area contributed by atoms with E-state index in [1.807, 2.05) is 30.3 Å². The number of rotatable bonds is 7. The lowest BCUT2D eigenvalue weighted by atomic mass is 10.1. The monoisotopic (exact) mass is 404 g/mol. The van der Waals surface area contributed by atoms with E-state index in [9.17, 15) is 19.2 Å². The zero-order valence-electron chi connectivity index (χ0n) is 17.3. The normalized spacial score (nSPS) is 16.5. The summed E-state index contributed by atoms with van der Waals surface area (Å²) in [6, 6.07) is 9.14. The van der Waals surface area contributed by atoms with E-state index in [1.54, 1.807) is 27.8 Å². The highest BCUT2D eigenvalue weighted by atomic mass is 16.6. The number of benzene rings is 1. The molecule has 0 radical (unpaired) electrons. The van der Waals surface area contributed by atoms with E-state index in [-0.39, 0.29) is 38.6 Å². The number of ether oxygens (including phenoxy) is 2. The van der Waals surface area contributed by atoms with Crippen LogP contribution in [0.25, 0.3) is 0 Å². The molecule has 8 heteroatoms. The minimum absolute atomic E-state index is 0.0548. The van der Waals surface area contributed by atoms with Crippen molar-refractivity contribution in [2.45, 2.75) is 39.4 Å². The van der Waals surface area contributed by atoms with E-state index in [2.05, 4.69) is 0 Å². The molecule has 1 aromatic carbocycles. The number of amides is 2. The summed E-state index contributed by atoms with van der Waals surface area (Å²) >= 11 is 0. The van der Waals surface area contributed by atoms with Crippen LogP contribution in [0.1, 0.15) is 32.8 Å². The Morgan fingerprint density at radius 1 is 1.10 bits per heavy atom. The second kappa shape index (κ2) is 9.54. The molecule has 1 atom stereocenters. The van der Waals surface area contributed by atoms with Gasteiger partial charge in [0.05, 0.1) is 5.92 Å². The van der Waals surface area contributed by atoms with Crippen LogP contribution in [0.5, 0.6) is 0 Å². The molecule has 1 aliphatic rings. The van der Waals surface area contributed by atoms with Crippen molar-refractivity contribution in [3.8, 4) is 0 Å². The van der Waals surface area contributed by atoms with Crippen molar-refractivity contribution >= 4 is 23.8 Å². The minimum atomic E-state index is -0.719. The van der Waals surface area contributed by atoms with Crippen LogP contribution in [0.3, 0.4) is 0 Å². The topological polar surface area (TPSA) is 93.2 Å². The van der Waals surface area contributed by atoms with Crippen molar-refractivity contribution in [1.29, 1.82) is 0 Å². The first kappa shape index (κ1) is 22.4. The summed E-state index contributed by atoms with van der Waals surface area (Å²) in [5.74, 6) is -2.45. The van der Waals surface area contributed by atoms with E-state index >= 15 is 0 Å². The van der Waals surface area contributed by atoms with Crippen LogP contribution in [0, 0.1) is 5.92 Å². The molecule has 0 N–H and O–H groups in total. The number of nitrogens with zero attached hydrogens (tertiary/aromatic N) is 2. The molecule has 158 valence electrons. The molecule has 0 bridgehead atoms. The zero-order chi connectivity index (χ0) is 21.6. The van der Waals surface area contributed by atoms with Gasteiger partial charge >= 0.3 is 11.9 Å². The zero-order valence-corrected chi connectivity index (χ0v) is 17.3. The van der Waals surface area contributed by atoms with Gasteiger partial charge in [-0.25, -0.2) is 0 Å². The van der Waals surface area contributed by atoms with Crippen LogP contribution in [-0.2, 0) is 35.3 Å². The maximum atomic E-state index is 12.9. The molecule has 1 fully saturated rings. The van der Waals surface area contributed by atoms with E-state index in [0.29, 0.717) is 0 Å². The summed E-state index contributed by atoms with van der Waals surface area (Å²) in [7, 11) is 1.61. The Morgan fingerprint density at radius 3 is 2.28 bits per heavy atom. The van der Waals surface area contributed by atoms with E-state index in [4.69, 9.17) is 9.47 Å². The average Bonchev–Trinajstić information content (AvgIpc) is 2.97. The summed E-state index contributed by atoms with van der Waals surface area (Å²) < 4.78 is 10.5. The van der Waals surface area contributed by atoms with E-state index in [1.165, 1.54) is 4.90 Å². The van der Waals surface area contributed by atoms with Gasteiger partial charge < -0.3 is 19.3 Å². The lowest BCUT2D eigenvalue weighted by molar-refractivity contribution is -0.162. The van der Waals surface area contributed by atoms with Gasteiger partial charge in [0, 0.05) is 20.0 Å². The first-order chi connectivity index (χ1) is 13.5. The molecule has 2 rings (SSSR count). The standard InChI is InChI=1S/C21H28N2O6/c1-21(2,3)29-19(26)13-23(20(27)16-10-17(24)22(4)11-16)12-18(25)28-14-15-8-6-5-7-9-15/h5-9,16H,10-14H2,1-4H3. The smallest absolute Gasteiger partial charge is 0.326 e. The SMILES string of the molecule is CN1CC(C(=O)N(CC(=O)OCc2ccccc2)CC(=O)OC(C)(C)C)CC1=O. The van der Waals surface area contributed by atoms with Gasteiger partial charge in [-0.2, -0.15) is 0 Å². The molecular formula is C21H28N2O6. The quantitative estimate of drug-likeness (QED) is 0.638. The van der Waals surface area contributed by atoms with Gasteiger partial charge in [-0.15, -0.1) is 0 Å². The van der Waals surface area contributed by atoms with Crippen LogP contribution in [0.2, 0.25) is 0 Å². The molecule has 1 heterocycles. The molecule has 1 aliphatic heterocycles. The lowest BCUT2D eigenvalue weighted by Crippen LogP contribution is -2.45. The highest BCUT2D eigenvalue weighted by Gasteiger charge is 2.36. The number of carbonyl (C=O) groups excluding carboxylic acids is 4. The molecule has 1 aromatic rings. The number of carbonyl (C=O) groups is 4. The minimum Gasteiger partial charge on any atom is -0.459 e. The van der Waals surface area contributed by atoms with Gasteiger partial charge in [0.25, 0.3) is 0 Å². The third-order valence-electron chi connectivity index (χ3n) is 4.30. The number of hydrogen-bond acceptors (Lipinski definition) is 6. The maximum absolute atomic E-state index is 12.9. The van der Waals surface area contributed by atoms with Gasteiger partial charge in [0.15, 0.2) is 0 Å². The Bertz CT molecular complexity index is 756. The fraction of sp³-hybridized carbons (Fsp3) is 0.524. The van der Waals surface area contributed by atoms with Gasteiger partial charge in [0.1, 0.15) is 25.3 Å². The molecular weight excluding hydrogens is 376 g/mol. The predicted molar refractivity (Wildman–Crippen MR) is 104 cm³/mol. The highest BCUT2D eigenvalue weighted by Crippen LogP contribution is 2.19. The van der Waals surface area contributed by atoms with Crippen molar-refractivity contribution in [3.63, 3.8) is 0 Å². The second-order valence-electron chi connectivity index (χ2n) is 8.10. The fourth-order valence-electron chi connectivity index (χ4n) is 2.97. The van der Waals surface area contributed by atoms with Crippen LogP contribution >= 0.6 is 0 Å². The second-order valence-corrected chi connectivity index (χ2v) is 8.10. The molecule has 0 aliphatic carbocycles. The predicted octanol–water partition coefficient (Wildman–Crippen LogP) is 1.38. The van der Waals surface area contributed by atoms with Crippen molar-refractivity contribution in [1.82, 2.24) is 9.80 Å². The van der Waals surface area contributed by atoms with Crippen molar-refractivity contribution in [2.24, 2.45) is 5.92 Å². The summed E-state index contributed by atoms with van der Waals surface area (Å²) in [6.07, 6.45) is 0.0548. The first-order valence-electron chi connectivity index (χ1n) is 9.49. The van der Waals surface area contributed by atoms with Crippen LogP contribution in [0.15, 0.2) is 30.3 Å². The maximum Gasteiger partial charge on any atom is 0.326 e.